The van der Waals surface area contributed by atoms with Crippen molar-refractivity contribution in [3.8, 4) is 23.4 Å². The van der Waals surface area contributed by atoms with E-state index >= 15 is 0 Å². The maximum Gasteiger partial charge on any atom is 0.337 e. The minimum Gasteiger partial charge on any atom is -0.493 e. The first kappa shape index (κ1) is 21.9. The van der Waals surface area contributed by atoms with Crippen molar-refractivity contribution in [3.05, 3.63) is 46.6 Å². The highest BCUT2D eigenvalue weighted by Crippen LogP contribution is 2.28. The van der Waals surface area contributed by atoms with Crippen LogP contribution < -0.4 is 13.7 Å². The van der Waals surface area contributed by atoms with Gasteiger partial charge in [0, 0.05) is 0 Å². The molecule has 0 unspecified atom stereocenters. The zero-order valence-corrected chi connectivity index (χ0v) is 16.6. The van der Waals surface area contributed by atoms with E-state index in [-0.39, 0.29) is 30.0 Å². The summed E-state index contributed by atoms with van der Waals surface area (Å²) in [5, 5.41) is 18.5. The van der Waals surface area contributed by atoms with E-state index in [0.717, 1.165) is 17.9 Å². The lowest BCUT2D eigenvalue weighted by Crippen LogP contribution is -2.13. The fourth-order valence-corrected chi connectivity index (χ4v) is 2.76. The van der Waals surface area contributed by atoms with Gasteiger partial charge in [0.1, 0.15) is 11.6 Å². The number of nitriles is 1. The van der Waals surface area contributed by atoms with Crippen molar-refractivity contribution in [2.45, 2.75) is 13.2 Å². The Morgan fingerprint density at radius 2 is 1.86 bits per heavy atom. The topological polar surface area (TPSA) is 145 Å². The van der Waals surface area contributed by atoms with E-state index in [1.807, 2.05) is 0 Å². The summed E-state index contributed by atoms with van der Waals surface area (Å²) in [5.74, 6) is -0.810. The summed E-state index contributed by atoms with van der Waals surface area (Å²) in [7, 11) is -0.965. The van der Waals surface area contributed by atoms with Crippen LogP contribution in [0.4, 0.5) is 0 Å². The van der Waals surface area contributed by atoms with Gasteiger partial charge in [-0.2, -0.15) is 13.7 Å². The first-order valence-electron chi connectivity index (χ1n) is 8.04. The van der Waals surface area contributed by atoms with Crippen LogP contribution in [-0.2, 0) is 28.1 Å². The molecule has 1 aromatic carbocycles. The lowest BCUT2D eigenvalue weighted by molar-refractivity contribution is 0.0681. The zero-order valence-electron chi connectivity index (χ0n) is 15.8. The number of rotatable bonds is 9. The van der Waals surface area contributed by atoms with Crippen molar-refractivity contribution in [2.75, 3.05) is 20.5 Å². The molecule has 11 heteroatoms. The summed E-state index contributed by atoms with van der Waals surface area (Å²) < 4.78 is 43.3. The minimum atomic E-state index is -3.97. The van der Waals surface area contributed by atoms with Crippen molar-refractivity contribution < 1.29 is 36.7 Å². The van der Waals surface area contributed by atoms with Gasteiger partial charge in [0.25, 0.3) is 5.88 Å². The Morgan fingerprint density at radius 1 is 1.17 bits per heavy atom. The van der Waals surface area contributed by atoms with Crippen LogP contribution in [0.1, 0.15) is 27.2 Å². The van der Waals surface area contributed by atoms with E-state index in [2.05, 4.69) is 9.17 Å². The van der Waals surface area contributed by atoms with Gasteiger partial charge in [0.2, 0.25) is 0 Å². The van der Waals surface area contributed by atoms with Crippen LogP contribution in [0.3, 0.4) is 0 Å². The summed E-state index contributed by atoms with van der Waals surface area (Å²) in [6.45, 7) is -0.175. The third-order valence-corrected chi connectivity index (χ3v) is 4.06. The molecule has 0 bridgehead atoms. The third kappa shape index (κ3) is 5.81. The van der Waals surface area contributed by atoms with Gasteiger partial charge >= 0.3 is 16.1 Å². The molecular weight excluding hydrogens is 404 g/mol. The Labute approximate surface area is 167 Å². The largest absolute Gasteiger partial charge is 0.493 e. The number of carboxylic acids is 1. The maximum atomic E-state index is 11.5. The van der Waals surface area contributed by atoms with Gasteiger partial charge in [-0.15, -0.1) is 0 Å². The van der Waals surface area contributed by atoms with E-state index in [1.54, 1.807) is 24.3 Å². The van der Waals surface area contributed by atoms with Crippen LogP contribution in [0.25, 0.3) is 0 Å². The zero-order chi connectivity index (χ0) is 21.6. The summed E-state index contributed by atoms with van der Waals surface area (Å²) in [6, 6.07) is 7.78. The van der Waals surface area contributed by atoms with Crippen LogP contribution in [0, 0.1) is 11.3 Å². The highest BCUT2D eigenvalue weighted by atomic mass is 32.2. The number of hydrogen-bond donors (Lipinski definition) is 1. The van der Waals surface area contributed by atoms with Crippen molar-refractivity contribution in [2.24, 2.45) is 0 Å². The molecule has 0 aliphatic heterocycles. The fraction of sp³-hybridized carbons (Fsp3) is 0.278. The number of pyridine rings is 1. The molecule has 154 valence electrons. The van der Waals surface area contributed by atoms with Crippen molar-refractivity contribution in [1.82, 2.24) is 4.98 Å². The highest BCUT2D eigenvalue weighted by Gasteiger charge is 2.20. The first-order valence-corrected chi connectivity index (χ1v) is 9.85. The second-order valence-corrected chi connectivity index (χ2v) is 7.30. The standard InChI is InChI=1S/C18H18N2O8S/c1-25-15-5-4-11(6-16(15)26-2)9-27-10-14-13(18(21)22)7-12(8-19)17(20-14)28-29(3,23)24/h4-7H,9-10H2,1-3H3,(H,21,22). The average Bonchev–Trinajstić information content (AvgIpc) is 2.66. The van der Waals surface area contributed by atoms with E-state index in [9.17, 15) is 18.3 Å². The molecule has 10 nitrogen and oxygen atoms in total. The van der Waals surface area contributed by atoms with Crippen LogP contribution in [0.15, 0.2) is 24.3 Å². The van der Waals surface area contributed by atoms with Crippen molar-refractivity contribution in [1.29, 1.82) is 5.26 Å². The second kappa shape index (κ2) is 9.22. The van der Waals surface area contributed by atoms with E-state index in [1.165, 1.54) is 14.2 Å². The van der Waals surface area contributed by atoms with Gasteiger partial charge in [0.15, 0.2) is 11.5 Å². The van der Waals surface area contributed by atoms with Gasteiger partial charge in [-0.1, -0.05) is 6.07 Å². The van der Waals surface area contributed by atoms with E-state index in [4.69, 9.17) is 19.5 Å². The first-order chi connectivity index (χ1) is 13.7. The third-order valence-electron chi connectivity index (χ3n) is 3.60. The van der Waals surface area contributed by atoms with Crippen molar-refractivity contribution >= 4 is 16.1 Å². The van der Waals surface area contributed by atoms with Gasteiger partial charge < -0.3 is 23.5 Å². The molecule has 0 spiro atoms. The number of hydrogen-bond acceptors (Lipinski definition) is 9. The SMILES string of the molecule is COc1ccc(COCc2nc(OS(C)(=O)=O)c(C#N)cc2C(=O)O)cc1OC. The van der Waals surface area contributed by atoms with Crippen molar-refractivity contribution in [3.63, 3.8) is 0 Å². The second-order valence-electron chi connectivity index (χ2n) is 5.72. The highest BCUT2D eigenvalue weighted by molar-refractivity contribution is 7.86. The summed E-state index contributed by atoms with van der Waals surface area (Å²) in [4.78, 5) is 15.3. The molecule has 1 aromatic heterocycles. The predicted octanol–water partition coefficient (Wildman–Crippen LogP) is 1.72. The number of benzene rings is 1. The molecule has 29 heavy (non-hydrogen) atoms. The van der Waals surface area contributed by atoms with Gasteiger partial charge in [-0.25, -0.2) is 9.78 Å². The lowest BCUT2D eigenvalue weighted by Gasteiger charge is -2.12. The Morgan fingerprint density at radius 3 is 2.41 bits per heavy atom. The Kier molecular flexibility index (Phi) is 6.98. The Bertz CT molecular complexity index is 1060. The normalized spacial score (nSPS) is 10.8. The summed E-state index contributed by atoms with van der Waals surface area (Å²) in [5.41, 5.74) is 0.0163. The van der Waals surface area contributed by atoms with Gasteiger partial charge in [-0.05, 0) is 23.8 Å². The molecule has 0 aliphatic carbocycles. The number of methoxy groups -OCH3 is 2. The van der Waals surface area contributed by atoms with Gasteiger partial charge in [-0.3, -0.25) is 0 Å². The number of aromatic carboxylic acids is 1. The molecule has 0 aliphatic rings. The molecule has 0 fully saturated rings. The smallest absolute Gasteiger partial charge is 0.337 e. The molecular formula is C18H18N2O8S. The average molecular weight is 422 g/mol. The molecule has 0 amide bonds. The van der Waals surface area contributed by atoms with Crippen LogP contribution in [0.2, 0.25) is 0 Å². The lowest BCUT2D eigenvalue weighted by atomic mass is 10.1. The summed E-state index contributed by atoms with van der Waals surface area (Å²) >= 11 is 0. The number of aromatic nitrogens is 1. The molecule has 0 atom stereocenters. The molecule has 0 saturated carbocycles. The predicted molar refractivity (Wildman–Crippen MR) is 99.4 cm³/mol. The van der Waals surface area contributed by atoms with E-state index < -0.39 is 22.0 Å². The molecule has 1 heterocycles. The molecule has 2 rings (SSSR count). The number of ether oxygens (including phenoxy) is 3. The summed E-state index contributed by atoms with van der Waals surface area (Å²) in [6.07, 6.45) is 0.786. The number of nitrogens with zero attached hydrogens (tertiary/aromatic N) is 2. The number of carboxylic acid groups (broad SMARTS) is 1. The Balaban J connectivity index is 2.26. The van der Waals surface area contributed by atoms with Crippen LogP contribution >= 0.6 is 0 Å². The maximum absolute atomic E-state index is 11.5. The Hall–Kier alpha value is -3.36. The van der Waals surface area contributed by atoms with Crippen LogP contribution in [-0.4, -0.2) is 45.0 Å². The van der Waals surface area contributed by atoms with Gasteiger partial charge in [0.05, 0.1) is 44.9 Å². The minimum absolute atomic E-state index is 0.0867. The molecule has 0 saturated heterocycles. The fourth-order valence-electron chi connectivity index (χ4n) is 2.35. The van der Waals surface area contributed by atoms with Crippen LogP contribution in [0.5, 0.6) is 17.4 Å². The molecule has 2 aromatic rings. The molecule has 1 N–H and O–H groups in total. The number of carbonyl (C=O) groups is 1. The molecule has 0 radical (unpaired) electrons. The quantitative estimate of drug-likeness (QED) is 0.593. The van der Waals surface area contributed by atoms with E-state index in [0.29, 0.717) is 11.5 Å². The monoisotopic (exact) mass is 422 g/mol.